The first-order chi connectivity index (χ1) is 24.0. The van der Waals surface area contributed by atoms with E-state index in [1.165, 1.54) is 5.56 Å². The maximum Gasteiger partial charge on any atom is 0.118 e. The second-order valence-corrected chi connectivity index (χ2v) is 8.31. The van der Waals surface area contributed by atoms with Crippen molar-refractivity contribution in [3.05, 3.63) is 118 Å². The number of aryl methyl sites for hydroxylation is 6. The molecule has 0 unspecified atom stereocenters. The Morgan fingerprint density at radius 3 is 0.880 bits per heavy atom. The van der Waals surface area contributed by atoms with E-state index in [4.69, 9.17) is 20.4 Å². The Hall–Kier alpha value is -3.92. The van der Waals surface area contributed by atoms with E-state index >= 15 is 0 Å². The molecule has 0 saturated heterocycles. The molecule has 4 nitrogen and oxygen atoms in total. The van der Waals surface area contributed by atoms with Crippen molar-refractivity contribution in [2.45, 2.75) is 152 Å². The van der Waals surface area contributed by atoms with Gasteiger partial charge in [0.1, 0.15) is 23.0 Å². The summed E-state index contributed by atoms with van der Waals surface area (Å²) < 4.78 is 0. The summed E-state index contributed by atoms with van der Waals surface area (Å²) in [6, 6.07) is 25.4. The van der Waals surface area contributed by atoms with E-state index in [9.17, 15) is 0 Å². The zero-order valence-electron chi connectivity index (χ0n) is 36.9. The predicted molar refractivity (Wildman–Crippen MR) is 232 cm³/mol. The van der Waals surface area contributed by atoms with Gasteiger partial charge in [0.05, 0.1) is 0 Å². The number of aromatic hydroxyl groups is 4. The van der Waals surface area contributed by atoms with Crippen LogP contribution in [-0.2, 0) is 0 Å². The van der Waals surface area contributed by atoms with Crippen molar-refractivity contribution in [2.24, 2.45) is 0 Å². The molecule has 50 heavy (non-hydrogen) atoms. The van der Waals surface area contributed by atoms with E-state index in [2.05, 4.69) is 0 Å². The van der Waals surface area contributed by atoms with Crippen molar-refractivity contribution < 1.29 is 20.4 Å². The van der Waals surface area contributed by atoms with E-state index in [0.29, 0.717) is 23.0 Å². The van der Waals surface area contributed by atoms with Crippen LogP contribution >= 0.6 is 0 Å². The minimum absolute atomic E-state index is 0.329. The van der Waals surface area contributed by atoms with Gasteiger partial charge in [-0.25, -0.2) is 0 Å². The van der Waals surface area contributed by atoms with Crippen molar-refractivity contribution in [1.29, 1.82) is 0 Å². The van der Waals surface area contributed by atoms with Crippen LogP contribution in [0.5, 0.6) is 23.0 Å². The molecule has 0 aliphatic rings. The Balaban J connectivity index is -0.0000000691. The SMILES string of the molecule is CC.CC.CC.CC.CC.CC.CC.CC.Cc1cc(C)cc(O)c1.Cc1ccc(C)c(O)c1.Cc1ccc(O)cc1.Cc1cccc(O)c1. The highest BCUT2D eigenvalue weighted by atomic mass is 16.3. The fourth-order valence-electron chi connectivity index (χ4n) is 2.84. The average Bonchev–Trinajstić information content (AvgIpc) is 3.15. The third kappa shape index (κ3) is 48.5. The molecular formula is C46H84O4. The van der Waals surface area contributed by atoms with Gasteiger partial charge >= 0.3 is 0 Å². The van der Waals surface area contributed by atoms with Gasteiger partial charge in [-0.2, -0.15) is 0 Å². The molecule has 4 N–H and O–H groups in total. The van der Waals surface area contributed by atoms with Crippen LogP contribution in [0.3, 0.4) is 0 Å². The summed E-state index contributed by atoms with van der Waals surface area (Å²) in [5, 5.41) is 35.7. The van der Waals surface area contributed by atoms with E-state index in [0.717, 1.165) is 27.8 Å². The Bertz CT molecular complexity index is 1060. The second kappa shape index (κ2) is 54.5. The Morgan fingerprint density at radius 1 is 0.280 bits per heavy atom. The standard InChI is InChI=1S/2C8H10O.2C7H8O.8C2H6/c1-6-3-7(2)5-8(9)4-6;1-6-3-4-7(2)8(9)5-6;1-6-2-4-7(8)5-3-6;1-6-3-2-4-7(8)5-6;8*1-2/h2*3-5,9H,1-2H3;2*2-5,8H,1H3;8*1-2H3. The first-order valence-corrected chi connectivity index (χ1v) is 19.0. The van der Waals surface area contributed by atoms with Crippen LogP contribution in [0.15, 0.2) is 84.9 Å². The lowest BCUT2D eigenvalue weighted by Gasteiger charge is -1.97. The fraction of sp³-hybridized carbons (Fsp3) is 0.478. The summed E-state index contributed by atoms with van der Waals surface area (Å²) in [6.45, 7) is 43.7. The molecule has 0 atom stereocenters. The van der Waals surface area contributed by atoms with Crippen LogP contribution in [0.2, 0.25) is 0 Å². The number of benzene rings is 4. The van der Waals surface area contributed by atoms with Crippen molar-refractivity contribution in [1.82, 2.24) is 0 Å². The van der Waals surface area contributed by atoms with Crippen molar-refractivity contribution in [3.8, 4) is 23.0 Å². The quantitative estimate of drug-likeness (QED) is 0.147. The average molecular weight is 701 g/mol. The monoisotopic (exact) mass is 701 g/mol. The zero-order valence-corrected chi connectivity index (χ0v) is 36.9. The highest BCUT2D eigenvalue weighted by Crippen LogP contribution is 2.16. The first kappa shape index (κ1) is 64.6. The molecule has 0 spiro atoms. The Kier molecular flexibility index (Phi) is 70.4. The lowest BCUT2D eigenvalue weighted by atomic mass is 10.1. The molecule has 4 heteroatoms. The topological polar surface area (TPSA) is 80.9 Å². The number of phenols is 4. The van der Waals surface area contributed by atoms with Gasteiger partial charge in [-0.15, -0.1) is 0 Å². The van der Waals surface area contributed by atoms with E-state index in [1.807, 2.05) is 195 Å². The van der Waals surface area contributed by atoms with Gasteiger partial charge < -0.3 is 20.4 Å². The summed E-state index contributed by atoms with van der Waals surface area (Å²) in [4.78, 5) is 0. The van der Waals surface area contributed by atoms with Gasteiger partial charge in [0, 0.05) is 0 Å². The summed E-state index contributed by atoms with van der Waals surface area (Å²) in [5.41, 5.74) is 6.49. The van der Waals surface area contributed by atoms with E-state index < -0.39 is 0 Å². The molecule has 0 amide bonds. The maximum atomic E-state index is 9.10. The lowest BCUT2D eigenvalue weighted by molar-refractivity contribution is 0.470. The molecular weight excluding hydrogens is 617 g/mol. The molecule has 4 rings (SSSR count). The van der Waals surface area contributed by atoms with Gasteiger partial charge in [-0.3, -0.25) is 0 Å². The molecule has 0 bridgehead atoms. The highest BCUT2D eigenvalue weighted by Gasteiger charge is 1.92. The van der Waals surface area contributed by atoms with Gasteiger partial charge in [-0.1, -0.05) is 159 Å². The summed E-state index contributed by atoms with van der Waals surface area (Å²) in [5.74, 6) is 1.41. The molecule has 0 aromatic heterocycles. The van der Waals surface area contributed by atoms with Crippen LogP contribution < -0.4 is 0 Å². The van der Waals surface area contributed by atoms with Crippen molar-refractivity contribution >= 4 is 0 Å². The minimum Gasteiger partial charge on any atom is -0.508 e. The van der Waals surface area contributed by atoms with Gasteiger partial charge in [0.15, 0.2) is 0 Å². The minimum atomic E-state index is 0.329. The highest BCUT2D eigenvalue weighted by molar-refractivity contribution is 5.34. The normalized spacial score (nSPS) is 7.32. The molecule has 0 heterocycles. The number of rotatable bonds is 0. The second-order valence-electron chi connectivity index (χ2n) is 8.31. The number of hydrogen-bond acceptors (Lipinski definition) is 4. The van der Waals surface area contributed by atoms with E-state index in [-0.39, 0.29) is 0 Å². The van der Waals surface area contributed by atoms with Crippen molar-refractivity contribution in [2.75, 3.05) is 0 Å². The van der Waals surface area contributed by atoms with Crippen molar-refractivity contribution in [3.63, 3.8) is 0 Å². The largest absolute Gasteiger partial charge is 0.508 e. The van der Waals surface area contributed by atoms with Crippen LogP contribution in [-0.4, -0.2) is 20.4 Å². The summed E-state index contributed by atoms with van der Waals surface area (Å²) >= 11 is 0. The molecule has 0 aliphatic heterocycles. The van der Waals surface area contributed by atoms with Gasteiger partial charge in [-0.05, 0) is 112 Å². The van der Waals surface area contributed by atoms with Crippen LogP contribution in [0.25, 0.3) is 0 Å². The molecule has 0 fully saturated rings. The first-order valence-electron chi connectivity index (χ1n) is 19.0. The summed E-state index contributed by atoms with van der Waals surface area (Å²) in [7, 11) is 0. The molecule has 0 saturated carbocycles. The molecule has 292 valence electrons. The van der Waals surface area contributed by atoms with Gasteiger partial charge in [0.25, 0.3) is 0 Å². The Labute approximate surface area is 313 Å². The molecule has 0 radical (unpaired) electrons. The number of phenolic OH excluding ortho intramolecular Hbond substituents is 4. The van der Waals surface area contributed by atoms with Gasteiger partial charge in [0.2, 0.25) is 0 Å². The van der Waals surface area contributed by atoms with Crippen LogP contribution in [0.1, 0.15) is 144 Å². The molecule has 4 aromatic carbocycles. The summed E-state index contributed by atoms with van der Waals surface area (Å²) in [6.07, 6.45) is 0. The molecule has 4 aromatic rings. The predicted octanol–water partition coefficient (Wildman–Crippen LogP) is 15.6. The number of hydrogen-bond donors (Lipinski definition) is 4. The zero-order chi connectivity index (χ0) is 41.7. The van der Waals surface area contributed by atoms with Crippen LogP contribution in [0.4, 0.5) is 0 Å². The van der Waals surface area contributed by atoms with E-state index in [1.54, 1.807) is 42.5 Å². The third-order valence-corrected chi connectivity index (χ3v) is 4.61. The third-order valence-electron chi connectivity index (χ3n) is 4.61. The smallest absolute Gasteiger partial charge is 0.118 e. The van der Waals surface area contributed by atoms with Crippen LogP contribution in [0, 0.1) is 41.5 Å². The molecule has 0 aliphatic carbocycles. The Morgan fingerprint density at radius 2 is 0.620 bits per heavy atom. The maximum absolute atomic E-state index is 9.10. The fourth-order valence-corrected chi connectivity index (χ4v) is 2.84. The lowest BCUT2D eigenvalue weighted by Crippen LogP contribution is -1.74.